The maximum atomic E-state index is 12.2. The minimum absolute atomic E-state index is 0.0953. The fourth-order valence-corrected chi connectivity index (χ4v) is 6.30. The Morgan fingerprint density at radius 3 is 1.19 bits per heavy atom. The predicted molar refractivity (Wildman–Crippen MR) is 251 cm³/mol. The SMILES string of the molecule is CC/C=C\C/C=C\C/C=C\C/C=C\C/C=C\C/C=C\C/C=C\CCCC(=O)OC(CO)COC(=O)CCCCCCCCCCC/C=C\CCCCCCCCCC. The molecule has 5 nitrogen and oxygen atoms in total. The Balaban J connectivity index is 3.66. The summed E-state index contributed by atoms with van der Waals surface area (Å²) >= 11 is 0. The van der Waals surface area contributed by atoms with E-state index >= 15 is 0 Å². The lowest BCUT2D eigenvalue weighted by atomic mass is 10.1. The maximum absolute atomic E-state index is 12.2. The van der Waals surface area contributed by atoms with Gasteiger partial charge in [-0.05, 0) is 89.9 Å². The average molecular weight is 805 g/mol. The van der Waals surface area contributed by atoms with Gasteiger partial charge in [0.05, 0.1) is 6.61 Å². The molecule has 0 aliphatic carbocycles. The van der Waals surface area contributed by atoms with Gasteiger partial charge < -0.3 is 14.6 Å². The Morgan fingerprint density at radius 2 is 0.759 bits per heavy atom. The number of carbonyl (C=O) groups excluding carboxylic acids is 2. The van der Waals surface area contributed by atoms with Crippen LogP contribution in [0.2, 0.25) is 0 Å². The molecule has 0 amide bonds. The molecule has 0 saturated carbocycles. The van der Waals surface area contributed by atoms with E-state index in [-0.39, 0.29) is 31.6 Å². The van der Waals surface area contributed by atoms with Crippen LogP contribution in [0.25, 0.3) is 0 Å². The van der Waals surface area contributed by atoms with Crippen molar-refractivity contribution >= 4 is 11.9 Å². The molecular weight excluding hydrogens is 717 g/mol. The number of ether oxygens (including phenoxy) is 2. The highest BCUT2D eigenvalue weighted by molar-refractivity contribution is 5.70. The largest absolute Gasteiger partial charge is 0.462 e. The lowest BCUT2D eigenvalue weighted by molar-refractivity contribution is -0.161. The van der Waals surface area contributed by atoms with Crippen LogP contribution >= 0.6 is 0 Å². The number of hydrogen-bond acceptors (Lipinski definition) is 5. The third-order valence-electron chi connectivity index (χ3n) is 9.86. The summed E-state index contributed by atoms with van der Waals surface area (Å²) in [4.78, 5) is 24.4. The molecule has 0 bridgehead atoms. The molecule has 0 aromatic carbocycles. The summed E-state index contributed by atoms with van der Waals surface area (Å²) < 4.78 is 10.6. The molecule has 1 atom stereocenters. The molecule has 0 aliphatic rings. The lowest BCUT2D eigenvalue weighted by Crippen LogP contribution is -2.28. The van der Waals surface area contributed by atoms with Crippen molar-refractivity contribution < 1.29 is 24.2 Å². The van der Waals surface area contributed by atoms with Crippen LogP contribution in [0.15, 0.2) is 97.2 Å². The minimum atomic E-state index is -0.809. The standard InChI is InChI=1S/C53H88O5/c1-3-5-7-9-11-13-15-17-19-21-23-25-26-28-30-32-34-36-38-40-42-44-46-48-53(56)58-51(49-54)50-57-52(55)47-45-43-41-39-37-35-33-31-29-27-24-22-20-18-16-14-12-10-8-6-4-2/h5,7,11,13,17,19,22-25,28,30,34,36,40,42,51,54H,3-4,6,8-10,12,14-16,18,20-21,26-27,29,31-33,35,37-39,41,43-50H2,1-2H3/b7-5-,13-11-,19-17-,24-22-,25-23-,30-28-,36-34-,42-40-. The van der Waals surface area contributed by atoms with E-state index in [1.165, 1.54) is 103 Å². The summed E-state index contributed by atoms with van der Waals surface area (Å²) in [5.41, 5.74) is 0. The minimum Gasteiger partial charge on any atom is -0.462 e. The zero-order valence-corrected chi connectivity index (χ0v) is 37.5. The van der Waals surface area contributed by atoms with Crippen molar-refractivity contribution in [3.8, 4) is 0 Å². The molecule has 0 rings (SSSR count). The molecule has 0 spiro atoms. The van der Waals surface area contributed by atoms with Crippen molar-refractivity contribution in [1.29, 1.82) is 0 Å². The van der Waals surface area contributed by atoms with E-state index in [1.54, 1.807) is 0 Å². The number of aliphatic hydroxyl groups is 1. The van der Waals surface area contributed by atoms with Gasteiger partial charge in [-0.3, -0.25) is 9.59 Å². The number of unbranched alkanes of at least 4 members (excludes halogenated alkanes) is 18. The van der Waals surface area contributed by atoms with Gasteiger partial charge in [-0.15, -0.1) is 0 Å². The van der Waals surface area contributed by atoms with Crippen LogP contribution in [-0.2, 0) is 19.1 Å². The first-order valence-corrected chi connectivity index (χ1v) is 23.8. The lowest BCUT2D eigenvalue weighted by Gasteiger charge is -2.15. The van der Waals surface area contributed by atoms with Crippen LogP contribution in [-0.4, -0.2) is 36.4 Å². The molecule has 0 saturated heterocycles. The van der Waals surface area contributed by atoms with E-state index < -0.39 is 6.10 Å². The van der Waals surface area contributed by atoms with Crippen LogP contribution in [0.4, 0.5) is 0 Å². The van der Waals surface area contributed by atoms with E-state index in [1.807, 2.05) is 0 Å². The summed E-state index contributed by atoms with van der Waals surface area (Å²) in [7, 11) is 0. The van der Waals surface area contributed by atoms with Gasteiger partial charge >= 0.3 is 11.9 Å². The van der Waals surface area contributed by atoms with Gasteiger partial charge in [-0.25, -0.2) is 0 Å². The second kappa shape index (κ2) is 48.2. The zero-order chi connectivity index (χ0) is 42.1. The number of hydrogen-bond donors (Lipinski definition) is 1. The average Bonchev–Trinajstić information content (AvgIpc) is 3.23. The molecule has 0 fully saturated rings. The Kier molecular flexibility index (Phi) is 45.5. The van der Waals surface area contributed by atoms with Gasteiger partial charge in [0.1, 0.15) is 6.61 Å². The van der Waals surface area contributed by atoms with Crippen LogP contribution in [0, 0.1) is 0 Å². The van der Waals surface area contributed by atoms with E-state index in [0.717, 1.165) is 70.6 Å². The summed E-state index contributed by atoms with van der Waals surface area (Å²) in [6.07, 6.45) is 67.8. The van der Waals surface area contributed by atoms with Crippen LogP contribution < -0.4 is 0 Å². The second-order valence-corrected chi connectivity index (χ2v) is 15.4. The Labute approximate surface area is 358 Å². The van der Waals surface area contributed by atoms with Crippen LogP contribution in [0.1, 0.15) is 206 Å². The number of rotatable bonds is 42. The molecule has 1 unspecified atom stereocenters. The summed E-state index contributed by atoms with van der Waals surface area (Å²) in [5, 5.41) is 9.60. The monoisotopic (exact) mass is 805 g/mol. The quantitative estimate of drug-likeness (QED) is 0.0378. The highest BCUT2D eigenvalue weighted by Crippen LogP contribution is 2.13. The highest BCUT2D eigenvalue weighted by atomic mass is 16.6. The molecule has 0 heterocycles. The number of esters is 2. The third-order valence-corrected chi connectivity index (χ3v) is 9.86. The third kappa shape index (κ3) is 45.5. The van der Waals surface area contributed by atoms with Gasteiger partial charge in [0.25, 0.3) is 0 Å². The first-order valence-electron chi connectivity index (χ1n) is 23.8. The number of carbonyl (C=O) groups is 2. The van der Waals surface area contributed by atoms with Gasteiger partial charge in [-0.2, -0.15) is 0 Å². The predicted octanol–water partition coefficient (Wildman–Crippen LogP) is 15.6. The van der Waals surface area contributed by atoms with Crippen LogP contribution in [0.5, 0.6) is 0 Å². The molecule has 0 aromatic rings. The number of aliphatic hydroxyl groups excluding tert-OH is 1. The molecule has 5 heteroatoms. The van der Waals surface area contributed by atoms with Crippen molar-refractivity contribution in [2.24, 2.45) is 0 Å². The molecular formula is C53H88O5. The highest BCUT2D eigenvalue weighted by Gasteiger charge is 2.16. The van der Waals surface area contributed by atoms with Crippen molar-refractivity contribution in [3.63, 3.8) is 0 Å². The van der Waals surface area contributed by atoms with Crippen molar-refractivity contribution in [2.45, 2.75) is 213 Å². The molecule has 0 aromatic heterocycles. The molecule has 330 valence electrons. The summed E-state index contributed by atoms with van der Waals surface area (Å²) in [6.45, 7) is 3.98. The normalized spacial score (nSPS) is 13.1. The molecule has 58 heavy (non-hydrogen) atoms. The fraction of sp³-hybridized carbons (Fsp3) is 0.660. The first-order chi connectivity index (χ1) is 28.6. The zero-order valence-electron chi connectivity index (χ0n) is 37.5. The van der Waals surface area contributed by atoms with E-state index in [9.17, 15) is 14.7 Å². The van der Waals surface area contributed by atoms with Gasteiger partial charge in [0, 0.05) is 12.8 Å². The summed E-state index contributed by atoms with van der Waals surface area (Å²) in [6, 6.07) is 0. The number of allylic oxidation sites excluding steroid dienone is 16. The Bertz CT molecular complexity index is 1140. The fourth-order valence-electron chi connectivity index (χ4n) is 6.30. The Hall–Kier alpha value is -3.18. The smallest absolute Gasteiger partial charge is 0.306 e. The molecule has 0 radical (unpaired) electrons. The second-order valence-electron chi connectivity index (χ2n) is 15.4. The van der Waals surface area contributed by atoms with Crippen molar-refractivity contribution in [1.82, 2.24) is 0 Å². The Morgan fingerprint density at radius 1 is 0.414 bits per heavy atom. The van der Waals surface area contributed by atoms with Gasteiger partial charge in [-0.1, -0.05) is 201 Å². The molecule has 0 aliphatic heterocycles. The van der Waals surface area contributed by atoms with E-state index in [0.29, 0.717) is 12.8 Å². The summed E-state index contributed by atoms with van der Waals surface area (Å²) in [5.74, 6) is -0.667. The van der Waals surface area contributed by atoms with Gasteiger partial charge in [0.15, 0.2) is 6.10 Å². The van der Waals surface area contributed by atoms with E-state index in [2.05, 4.69) is 111 Å². The van der Waals surface area contributed by atoms with E-state index in [4.69, 9.17) is 9.47 Å². The van der Waals surface area contributed by atoms with Crippen molar-refractivity contribution in [2.75, 3.05) is 13.2 Å². The maximum Gasteiger partial charge on any atom is 0.306 e. The molecule has 1 N–H and O–H groups in total. The van der Waals surface area contributed by atoms with Gasteiger partial charge in [0.2, 0.25) is 0 Å². The topological polar surface area (TPSA) is 72.8 Å². The first kappa shape index (κ1) is 54.8. The van der Waals surface area contributed by atoms with Crippen LogP contribution in [0.3, 0.4) is 0 Å². The van der Waals surface area contributed by atoms with Crippen molar-refractivity contribution in [3.05, 3.63) is 97.2 Å².